The highest BCUT2D eigenvalue weighted by Crippen LogP contribution is 2.26. The fourth-order valence-electron chi connectivity index (χ4n) is 1.85. The Morgan fingerprint density at radius 2 is 1.81 bits per heavy atom. The molecule has 0 saturated heterocycles. The summed E-state index contributed by atoms with van der Waals surface area (Å²) in [5.74, 6) is -0.781. The average Bonchev–Trinajstić information content (AvgIpc) is 2.62. The Bertz CT molecular complexity index is 712. The van der Waals surface area contributed by atoms with Crippen molar-refractivity contribution in [2.24, 2.45) is 15.9 Å². The van der Waals surface area contributed by atoms with Crippen molar-refractivity contribution in [2.45, 2.75) is 13.8 Å². The van der Waals surface area contributed by atoms with E-state index in [9.17, 15) is 9.90 Å². The van der Waals surface area contributed by atoms with E-state index in [1.807, 2.05) is 0 Å². The third-order valence-corrected chi connectivity index (χ3v) is 3.01. The predicted octanol–water partition coefficient (Wildman–Crippen LogP) is 1.76. The second-order valence-corrected chi connectivity index (χ2v) is 4.68. The van der Waals surface area contributed by atoms with Gasteiger partial charge in [-0.2, -0.15) is 5.10 Å². The van der Waals surface area contributed by atoms with E-state index in [1.54, 1.807) is 32.0 Å². The van der Waals surface area contributed by atoms with Gasteiger partial charge in [0, 0.05) is 0 Å². The topological polar surface area (TPSA) is 125 Å². The van der Waals surface area contributed by atoms with Crippen LogP contribution < -0.4 is 15.2 Å². The van der Waals surface area contributed by atoms with Gasteiger partial charge in [0.15, 0.2) is 22.9 Å². The van der Waals surface area contributed by atoms with E-state index in [0.717, 1.165) is 0 Å². The largest absolute Gasteiger partial charge is 0.493 e. The zero-order valence-electron chi connectivity index (χ0n) is 15.2. The molecule has 26 heavy (non-hydrogen) atoms. The molecule has 3 N–H and O–H groups in total. The van der Waals surface area contributed by atoms with Crippen molar-refractivity contribution in [1.82, 2.24) is 0 Å². The summed E-state index contributed by atoms with van der Waals surface area (Å²) in [6.45, 7) is 3.50. The molecule has 0 aliphatic rings. The van der Waals surface area contributed by atoms with E-state index in [4.69, 9.17) is 24.7 Å². The number of ether oxygens (including phenoxy) is 4. The van der Waals surface area contributed by atoms with Crippen molar-refractivity contribution in [2.75, 3.05) is 27.4 Å². The number of carbonyl (C=O) groups excluding carboxylic acids is 1. The number of benzene rings is 1. The Morgan fingerprint density at radius 1 is 1.15 bits per heavy atom. The molecule has 0 unspecified atom stereocenters. The van der Waals surface area contributed by atoms with Crippen LogP contribution in [0.25, 0.3) is 0 Å². The van der Waals surface area contributed by atoms with E-state index in [1.165, 1.54) is 20.4 Å². The monoisotopic (exact) mass is 365 g/mol. The average molecular weight is 365 g/mol. The van der Waals surface area contributed by atoms with E-state index in [-0.39, 0.29) is 19.0 Å². The zero-order valence-corrected chi connectivity index (χ0v) is 15.2. The Labute approximate surface area is 151 Å². The molecule has 0 aromatic heterocycles. The Kier molecular flexibility index (Phi) is 8.48. The van der Waals surface area contributed by atoms with Crippen molar-refractivity contribution in [3.63, 3.8) is 0 Å². The van der Waals surface area contributed by atoms with Crippen LogP contribution in [0.4, 0.5) is 0 Å². The summed E-state index contributed by atoms with van der Waals surface area (Å²) in [5, 5.41) is 17.4. The molecule has 142 valence electrons. The van der Waals surface area contributed by atoms with Crippen LogP contribution in [0, 0.1) is 0 Å². The van der Waals surface area contributed by atoms with Gasteiger partial charge >= 0.3 is 5.97 Å². The molecule has 9 heteroatoms. The number of aliphatic hydroxyl groups is 1. The number of hydrogen-bond donors (Lipinski definition) is 2. The molecule has 1 aromatic rings. The van der Waals surface area contributed by atoms with Gasteiger partial charge in [-0.15, -0.1) is 5.10 Å². The maximum atomic E-state index is 11.9. The smallest absolute Gasteiger partial charge is 0.349 e. The molecule has 0 heterocycles. The lowest BCUT2D eigenvalue weighted by atomic mass is 10.2. The number of aliphatic hydroxyl groups excluding tert-OH is 1. The molecule has 9 nitrogen and oxygen atoms in total. The summed E-state index contributed by atoms with van der Waals surface area (Å²) in [6.07, 6.45) is 1.40. The molecule has 1 aromatic carbocycles. The fourth-order valence-corrected chi connectivity index (χ4v) is 1.85. The van der Waals surface area contributed by atoms with E-state index < -0.39 is 17.5 Å². The SMILES string of the molecule is CCOC(=O)C(/C(N)=N/N=Cc1ccc(OC)c(OC)c1)=C(/O)OCC. The minimum absolute atomic E-state index is 0.101. The van der Waals surface area contributed by atoms with Crippen molar-refractivity contribution in [3.8, 4) is 11.5 Å². The van der Waals surface area contributed by atoms with Gasteiger partial charge in [-0.05, 0) is 37.6 Å². The number of esters is 1. The van der Waals surface area contributed by atoms with Gasteiger partial charge in [-0.25, -0.2) is 4.79 Å². The van der Waals surface area contributed by atoms with Gasteiger partial charge in [0.1, 0.15) is 0 Å². The minimum atomic E-state index is -0.860. The highest BCUT2D eigenvalue weighted by atomic mass is 16.6. The summed E-state index contributed by atoms with van der Waals surface area (Å²) in [5.41, 5.74) is 6.01. The standard InChI is InChI=1S/C17H23N3O6/c1-5-25-16(21)14(17(22)26-6-2)15(18)20-19-10-11-7-8-12(23-3)13(9-11)24-4/h7-10,21H,5-6H2,1-4H3,(H2,18,20)/b16-14-,19-10?. The van der Waals surface area contributed by atoms with Gasteiger partial charge in [0.25, 0.3) is 5.95 Å². The molecule has 0 aliphatic heterocycles. The quantitative estimate of drug-likeness (QED) is 0.171. The lowest BCUT2D eigenvalue weighted by Gasteiger charge is -2.08. The first-order chi connectivity index (χ1) is 12.5. The lowest BCUT2D eigenvalue weighted by molar-refractivity contribution is -0.138. The number of rotatable bonds is 9. The van der Waals surface area contributed by atoms with Crippen LogP contribution in [0.2, 0.25) is 0 Å². The zero-order chi connectivity index (χ0) is 19.5. The first-order valence-corrected chi connectivity index (χ1v) is 7.80. The van der Waals surface area contributed by atoms with Crippen LogP contribution in [0.1, 0.15) is 19.4 Å². The molecule has 0 atom stereocenters. The molecular weight excluding hydrogens is 342 g/mol. The van der Waals surface area contributed by atoms with E-state index in [2.05, 4.69) is 10.2 Å². The molecular formula is C17H23N3O6. The van der Waals surface area contributed by atoms with Crippen LogP contribution in [0.15, 0.2) is 39.9 Å². The molecule has 0 aliphatic carbocycles. The molecule has 0 fully saturated rings. The Morgan fingerprint density at radius 3 is 2.38 bits per heavy atom. The molecule has 0 bridgehead atoms. The molecule has 0 radical (unpaired) electrons. The fraction of sp³-hybridized carbons (Fsp3) is 0.353. The molecule has 0 amide bonds. The first-order valence-electron chi connectivity index (χ1n) is 7.80. The maximum absolute atomic E-state index is 11.9. The van der Waals surface area contributed by atoms with Gasteiger partial charge in [-0.3, -0.25) is 0 Å². The highest BCUT2D eigenvalue weighted by Gasteiger charge is 2.22. The number of nitrogens with two attached hydrogens (primary N) is 1. The Hall–Kier alpha value is -3.23. The predicted molar refractivity (Wildman–Crippen MR) is 96.7 cm³/mol. The number of nitrogens with zero attached hydrogens (tertiary/aromatic N) is 2. The number of carbonyl (C=O) groups is 1. The van der Waals surface area contributed by atoms with Crippen molar-refractivity contribution >= 4 is 18.0 Å². The maximum Gasteiger partial charge on any atom is 0.349 e. The number of methoxy groups -OCH3 is 2. The second kappa shape index (κ2) is 10.6. The van der Waals surface area contributed by atoms with Crippen molar-refractivity contribution < 1.29 is 28.8 Å². The minimum Gasteiger partial charge on any atom is -0.493 e. The third kappa shape index (κ3) is 5.69. The van der Waals surface area contributed by atoms with Crippen LogP contribution in [-0.2, 0) is 14.3 Å². The van der Waals surface area contributed by atoms with Crippen LogP contribution >= 0.6 is 0 Å². The van der Waals surface area contributed by atoms with E-state index >= 15 is 0 Å². The molecule has 1 rings (SSSR count). The summed E-state index contributed by atoms with van der Waals surface area (Å²) >= 11 is 0. The first kappa shape index (κ1) is 20.8. The van der Waals surface area contributed by atoms with Crippen molar-refractivity contribution in [3.05, 3.63) is 35.3 Å². The van der Waals surface area contributed by atoms with Crippen LogP contribution in [0.5, 0.6) is 11.5 Å². The van der Waals surface area contributed by atoms with Crippen molar-refractivity contribution in [1.29, 1.82) is 0 Å². The van der Waals surface area contributed by atoms with Crippen LogP contribution in [0.3, 0.4) is 0 Å². The third-order valence-electron chi connectivity index (χ3n) is 3.01. The van der Waals surface area contributed by atoms with Gasteiger partial charge in [0.05, 0.1) is 33.6 Å². The number of hydrogen-bond acceptors (Lipinski definition) is 8. The van der Waals surface area contributed by atoms with Gasteiger partial charge in [0.2, 0.25) is 0 Å². The number of amidine groups is 1. The second-order valence-electron chi connectivity index (χ2n) is 4.68. The summed E-state index contributed by atoms with van der Waals surface area (Å²) in [4.78, 5) is 11.9. The molecule has 0 saturated carbocycles. The summed E-state index contributed by atoms with van der Waals surface area (Å²) < 4.78 is 20.1. The molecule has 0 spiro atoms. The van der Waals surface area contributed by atoms with Gasteiger partial charge in [-0.1, -0.05) is 0 Å². The summed E-state index contributed by atoms with van der Waals surface area (Å²) in [6, 6.07) is 5.13. The lowest BCUT2D eigenvalue weighted by Crippen LogP contribution is -2.25. The van der Waals surface area contributed by atoms with Gasteiger partial charge < -0.3 is 29.8 Å². The normalized spacial score (nSPS) is 12.5. The highest BCUT2D eigenvalue weighted by molar-refractivity contribution is 6.18. The van der Waals surface area contributed by atoms with E-state index in [0.29, 0.717) is 17.1 Å². The van der Waals surface area contributed by atoms with Crippen LogP contribution in [-0.4, -0.2) is 50.6 Å². The summed E-state index contributed by atoms with van der Waals surface area (Å²) in [7, 11) is 3.05. The Balaban J connectivity index is 3.07.